The Hall–Kier alpha value is -1.46. The second-order valence-corrected chi connectivity index (χ2v) is 6.87. The summed E-state index contributed by atoms with van der Waals surface area (Å²) in [6.45, 7) is 2.11. The van der Waals surface area contributed by atoms with E-state index >= 15 is 0 Å². The number of Topliss-reactive ketones (excluding diaryl/α,β-unsaturated/α-hetero) is 1. The zero-order chi connectivity index (χ0) is 18.7. The van der Waals surface area contributed by atoms with Gasteiger partial charge in [0, 0.05) is 24.7 Å². The maximum Gasteiger partial charge on any atom is 0.303 e. The van der Waals surface area contributed by atoms with Crippen LogP contribution in [0.5, 0.6) is 0 Å². The first-order chi connectivity index (χ1) is 12.0. The van der Waals surface area contributed by atoms with Crippen molar-refractivity contribution < 1.29 is 24.9 Å². The molecule has 0 radical (unpaired) electrons. The van der Waals surface area contributed by atoms with Crippen LogP contribution >= 0.6 is 0 Å². The number of carbonyl (C=O) groups excluding carboxylic acids is 1. The summed E-state index contributed by atoms with van der Waals surface area (Å²) in [6, 6.07) is 0. The second-order valence-electron chi connectivity index (χ2n) is 6.87. The fraction of sp³-hybridized carbons (Fsp3) is 0.700. The van der Waals surface area contributed by atoms with Gasteiger partial charge in [-0.1, -0.05) is 50.5 Å². The lowest BCUT2D eigenvalue weighted by molar-refractivity contribution is -0.137. The van der Waals surface area contributed by atoms with Crippen LogP contribution < -0.4 is 0 Å². The Morgan fingerprint density at radius 3 is 2.72 bits per heavy atom. The maximum atomic E-state index is 12.1. The minimum atomic E-state index is -0.798. The lowest BCUT2D eigenvalue weighted by Crippen LogP contribution is -2.19. The summed E-state index contributed by atoms with van der Waals surface area (Å²) in [6.07, 6.45) is 12.1. The average molecular weight is 352 g/mol. The molecule has 1 aliphatic rings. The molecule has 0 amide bonds. The second kappa shape index (κ2) is 12.0. The third kappa shape index (κ3) is 8.45. The van der Waals surface area contributed by atoms with Crippen molar-refractivity contribution in [3.05, 3.63) is 24.3 Å². The predicted octanol–water partition coefficient (Wildman–Crippen LogP) is 3.25. The lowest BCUT2D eigenvalue weighted by Gasteiger charge is -2.17. The molecule has 0 bridgehead atoms. The highest BCUT2D eigenvalue weighted by Gasteiger charge is 2.39. The van der Waals surface area contributed by atoms with Crippen molar-refractivity contribution in [3.8, 4) is 0 Å². The molecule has 142 valence electrons. The van der Waals surface area contributed by atoms with Gasteiger partial charge in [-0.25, -0.2) is 0 Å². The monoisotopic (exact) mass is 352 g/mol. The molecule has 25 heavy (non-hydrogen) atoms. The van der Waals surface area contributed by atoms with Crippen LogP contribution in [0.3, 0.4) is 0 Å². The molecule has 4 atom stereocenters. The van der Waals surface area contributed by atoms with E-state index in [-0.39, 0.29) is 30.5 Å². The number of carboxylic acid groups (broad SMARTS) is 1. The maximum absolute atomic E-state index is 12.1. The molecule has 0 aromatic rings. The minimum absolute atomic E-state index is 0.0220. The Morgan fingerprint density at radius 2 is 2.04 bits per heavy atom. The van der Waals surface area contributed by atoms with Crippen molar-refractivity contribution in [3.63, 3.8) is 0 Å². The van der Waals surface area contributed by atoms with Crippen molar-refractivity contribution >= 4 is 11.8 Å². The molecule has 2 unspecified atom stereocenters. The molecule has 1 aliphatic carbocycles. The summed E-state index contributed by atoms with van der Waals surface area (Å²) in [5.74, 6) is -1.29. The van der Waals surface area contributed by atoms with E-state index in [2.05, 4.69) is 6.92 Å². The lowest BCUT2D eigenvalue weighted by atomic mass is 9.90. The van der Waals surface area contributed by atoms with E-state index in [0.29, 0.717) is 25.7 Å². The van der Waals surface area contributed by atoms with Crippen molar-refractivity contribution in [2.24, 2.45) is 11.8 Å². The van der Waals surface area contributed by atoms with E-state index in [0.717, 1.165) is 19.3 Å². The Kier molecular flexibility index (Phi) is 10.3. The molecule has 0 aromatic heterocycles. The Morgan fingerprint density at radius 1 is 1.28 bits per heavy atom. The molecule has 0 heterocycles. The van der Waals surface area contributed by atoms with Gasteiger partial charge in [-0.15, -0.1) is 0 Å². The van der Waals surface area contributed by atoms with Crippen molar-refractivity contribution in [2.45, 2.75) is 76.9 Å². The van der Waals surface area contributed by atoms with E-state index in [1.165, 1.54) is 0 Å². The van der Waals surface area contributed by atoms with E-state index < -0.39 is 18.2 Å². The van der Waals surface area contributed by atoms with Gasteiger partial charge in [0.25, 0.3) is 0 Å². The predicted molar refractivity (Wildman–Crippen MR) is 97.1 cm³/mol. The first-order valence-electron chi connectivity index (χ1n) is 9.39. The first-order valence-corrected chi connectivity index (χ1v) is 9.39. The molecule has 3 N–H and O–H groups in total. The number of carboxylic acids is 1. The fourth-order valence-electron chi connectivity index (χ4n) is 3.22. The smallest absolute Gasteiger partial charge is 0.303 e. The van der Waals surface area contributed by atoms with Crippen LogP contribution in [0.25, 0.3) is 0 Å². The van der Waals surface area contributed by atoms with E-state index in [4.69, 9.17) is 5.11 Å². The van der Waals surface area contributed by atoms with Gasteiger partial charge in [-0.05, 0) is 25.7 Å². The number of unbranched alkanes of at least 4 members (excludes halogenated alkanes) is 3. The molecule has 5 heteroatoms. The normalized spacial score (nSPS) is 25.2. The topological polar surface area (TPSA) is 94.8 Å². The molecule has 1 fully saturated rings. The van der Waals surface area contributed by atoms with Gasteiger partial charge in [0.15, 0.2) is 0 Å². The molecular weight excluding hydrogens is 320 g/mol. The number of carbonyl (C=O) groups is 2. The molecule has 0 aromatic carbocycles. The van der Waals surface area contributed by atoms with Gasteiger partial charge in [0.1, 0.15) is 5.78 Å². The molecule has 5 nitrogen and oxygen atoms in total. The summed E-state index contributed by atoms with van der Waals surface area (Å²) >= 11 is 0. The van der Waals surface area contributed by atoms with E-state index in [1.54, 1.807) is 12.2 Å². The molecule has 1 saturated carbocycles. The minimum Gasteiger partial charge on any atom is -0.481 e. The quantitative estimate of drug-likeness (QED) is 0.370. The number of rotatable bonds is 12. The number of aliphatic hydroxyl groups is 2. The van der Waals surface area contributed by atoms with Crippen LogP contribution in [-0.2, 0) is 9.59 Å². The molecule has 0 aliphatic heterocycles. The van der Waals surface area contributed by atoms with Gasteiger partial charge in [-0.2, -0.15) is 0 Å². The highest BCUT2D eigenvalue weighted by Crippen LogP contribution is 2.33. The van der Waals surface area contributed by atoms with Gasteiger partial charge < -0.3 is 15.3 Å². The van der Waals surface area contributed by atoms with Crippen molar-refractivity contribution in [2.75, 3.05) is 0 Å². The van der Waals surface area contributed by atoms with E-state index in [1.807, 2.05) is 12.2 Å². The van der Waals surface area contributed by atoms with Crippen LogP contribution in [0.4, 0.5) is 0 Å². The molecule has 0 saturated heterocycles. The molecule has 0 spiro atoms. The Bertz CT molecular complexity index is 469. The molecule has 1 rings (SSSR count). The standard InChI is InChI=1S/C20H32O5/c1-2-3-6-9-15(21)12-13-17-16(18(22)14-19(17)23)10-7-4-5-8-11-20(24)25/h4,7,12-13,15-18,21-22H,2-3,5-6,8-11,14H2,1H3,(H,24,25)/b7-4-,13-12+/t15-,16+,17?,18?/m0/s1. The highest BCUT2D eigenvalue weighted by molar-refractivity contribution is 5.86. The summed E-state index contributed by atoms with van der Waals surface area (Å²) < 4.78 is 0. The zero-order valence-electron chi connectivity index (χ0n) is 15.1. The number of aliphatic carboxylic acids is 1. The Labute approximate surface area is 150 Å². The third-order valence-corrected chi connectivity index (χ3v) is 4.72. The van der Waals surface area contributed by atoms with Gasteiger partial charge in [0.2, 0.25) is 0 Å². The molecular formula is C20H32O5. The van der Waals surface area contributed by atoms with E-state index in [9.17, 15) is 19.8 Å². The first kappa shape index (κ1) is 21.6. The van der Waals surface area contributed by atoms with Crippen molar-refractivity contribution in [1.82, 2.24) is 0 Å². The van der Waals surface area contributed by atoms with Gasteiger partial charge >= 0.3 is 5.97 Å². The largest absolute Gasteiger partial charge is 0.481 e. The fourth-order valence-corrected chi connectivity index (χ4v) is 3.22. The average Bonchev–Trinajstić information content (AvgIpc) is 2.82. The number of allylic oxidation sites excluding steroid dienone is 3. The van der Waals surface area contributed by atoms with Gasteiger partial charge in [0.05, 0.1) is 12.2 Å². The third-order valence-electron chi connectivity index (χ3n) is 4.72. The summed E-state index contributed by atoms with van der Waals surface area (Å²) in [5, 5.41) is 28.7. The van der Waals surface area contributed by atoms with Crippen LogP contribution in [-0.4, -0.2) is 39.3 Å². The number of hydrogen-bond acceptors (Lipinski definition) is 4. The number of ketones is 1. The van der Waals surface area contributed by atoms with Crippen molar-refractivity contribution in [1.29, 1.82) is 0 Å². The van der Waals surface area contributed by atoms with Crippen LogP contribution in [0.1, 0.15) is 64.7 Å². The highest BCUT2D eigenvalue weighted by atomic mass is 16.4. The van der Waals surface area contributed by atoms with Crippen LogP contribution in [0.15, 0.2) is 24.3 Å². The van der Waals surface area contributed by atoms with Gasteiger partial charge in [-0.3, -0.25) is 9.59 Å². The summed E-state index contributed by atoms with van der Waals surface area (Å²) in [7, 11) is 0. The number of hydrogen-bond donors (Lipinski definition) is 3. The zero-order valence-corrected chi connectivity index (χ0v) is 15.1. The number of aliphatic hydroxyl groups excluding tert-OH is 2. The summed E-state index contributed by atoms with van der Waals surface area (Å²) in [5.41, 5.74) is 0. The SMILES string of the molecule is CCCCC[C@H](O)/C=C/C1C(=O)CC(O)[C@@H]1C/C=C\CCCC(=O)O. The van der Waals surface area contributed by atoms with Crippen LogP contribution in [0.2, 0.25) is 0 Å². The Balaban J connectivity index is 2.48. The summed E-state index contributed by atoms with van der Waals surface area (Å²) in [4.78, 5) is 22.5. The van der Waals surface area contributed by atoms with Crippen LogP contribution in [0, 0.1) is 11.8 Å².